The van der Waals surface area contributed by atoms with Crippen molar-refractivity contribution in [2.45, 2.75) is 18.9 Å². The summed E-state index contributed by atoms with van der Waals surface area (Å²) >= 11 is 0. The Morgan fingerprint density at radius 3 is 2.49 bits per heavy atom. The Bertz CT molecular complexity index is 1440. The third-order valence-corrected chi connectivity index (χ3v) is 8.24. The summed E-state index contributed by atoms with van der Waals surface area (Å²) in [5.74, 6) is 8.01. The lowest BCUT2D eigenvalue weighted by Crippen LogP contribution is -2.66. The van der Waals surface area contributed by atoms with Gasteiger partial charge in [-0.05, 0) is 62.2 Å². The molecule has 1 saturated carbocycles. The normalized spacial score (nSPS) is 18.5. The zero-order valence-corrected chi connectivity index (χ0v) is 23.3. The number of amides is 1. The fourth-order valence-corrected chi connectivity index (χ4v) is 5.86. The second kappa shape index (κ2) is 11.7. The van der Waals surface area contributed by atoms with Crippen molar-refractivity contribution in [2.24, 2.45) is 5.41 Å². The number of likely N-dealkylation sites (tertiary alicyclic amines) is 1. The lowest BCUT2D eigenvalue weighted by molar-refractivity contribution is -0.144. The van der Waals surface area contributed by atoms with Crippen LogP contribution in [0.2, 0.25) is 0 Å². The maximum absolute atomic E-state index is 12.5. The summed E-state index contributed by atoms with van der Waals surface area (Å²) in [7, 11) is 2.13. The number of benzene rings is 2. The number of nitrogens with zero attached hydrogens (tertiary/aromatic N) is 5. The summed E-state index contributed by atoms with van der Waals surface area (Å²) in [6.07, 6.45) is 5.13. The van der Waals surface area contributed by atoms with Crippen molar-refractivity contribution in [3.05, 3.63) is 78.2 Å². The van der Waals surface area contributed by atoms with Gasteiger partial charge in [-0.25, -0.2) is 9.97 Å². The van der Waals surface area contributed by atoms with Gasteiger partial charge in [-0.2, -0.15) is 0 Å². The van der Waals surface area contributed by atoms with Crippen molar-refractivity contribution in [1.82, 2.24) is 24.7 Å². The largest absolute Gasteiger partial charge is 0.457 e. The Kier molecular flexibility index (Phi) is 7.68. The fraction of sp³-hybridized carbons (Fsp3) is 0.375. The van der Waals surface area contributed by atoms with Crippen LogP contribution >= 0.6 is 0 Å². The molecule has 6 rings (SSSR count). The molecule has 3 heterocycles. The molecular weight excluding hydrogens is 514 g/mol. The molecule has 2 N–H and O–H groups in total. The molecule has 0 unspecified atom stereocenters. The average molecular weight is 550 g/mol. The first-order valence-electron chi connectivity index (χ1n) is 14.1. The Morgan fingerprint density at radius 2 is 1.76 bits per heavy atom. The lowest BCUT2D eigenvalue weighted by atomic mass is 9.60. The van der Waals surface area contributed by atoms with Crippen molar-refractivity contribution >= 4 is 17.4 Å². The number of hydrogen-bond acceptors (Lipinski definition) is 8. The van der Waals surface area contributed by atoms with E-state index >= 15 is 0 Å². The number of carbonyl (C=O) groups excluding carboxylic acids is 1. The summed E-state index contributed by atoms with van der Waals surface area (Å²) in [4.78, 5) is 27.7. The quantitative estimate of drug-likeness (QED) is 0.345. The van der Waals surface area contributed by atoms with Crippen LogP contribution in [0.3, 0.4) is 0 Å². The van der Waals surface area contributed by atoms with Crippen LogP contribution in [0.4, 0.5) is 5.82 Å². The Labute approximate surface area is 241 Å². The first-order valence-corrected chi connectivity index (χ1v) is 14.1. The van der Waals surface area contributed by atoms with E-state index in [-0.39, 0.29) is 17.4 Å². The van der Waals surface area contributed by atoms with E-state index in [9.17, 15) is 4.79 Å². The Balaban J connectivity index is 0.989. The number of ether oxygens (including phenoxy) is 1. The van der Waals surface area contributed by atoms with Crippen molar-refractivity contribution in [3.8, 4) is 23.3 Å². The van der Waals surface area contributed by atoms with Crippen molar-refractivity contribution in [3.63, 3.8) is 0 Å². The average Bonchev–Trinajstić information content (AvgIpc) is 2.95. The molecule has 210 valence electrons. The molecule has 1 amide bonds. The van der Waals surface area contributed by atoms with E-state index in [1.807, 2.05) is 59.5 Å². The second-order valence-electron chi connectivity index (χ2n) is 11.4. The SMILES string of the molecule is CN1CCN(CC#CC(=O)N2CC3(CC(Nc4ncncc4C(=N)c4ccc(Oc5ccccc5)cc4)C3)C2)CC1. The van der Waals surface area contributed by atoms with E-state index in [4.69, 9.17) is 10.1 Å². The molecule has 41 heavy (non-hydrogen) atoms. The van der Waals surface area contributed by atoms with E-state index in [2.05, 4.69) is 44.0 Å². The van der Waals surface area contributed by atoms with Gasteiger partial charge in [0.15, 0.2) is 0 Å². The number of aromatic nitrogens is 2. The molecule has 3 aromatic rings. The molecule has 1 aliphatic carbocycles. The van der Waals surface area contributed by atoms with Crippen LogP contribution in [0.25, 0.3) is 0 Å². The number of nitrogens with one attached hydrogen (secondary N) is 2. The molecule has 1 spiro atoms. The highest BCUT2D eigenvalue weighted by Gasteiger charge is 2.53. The smallest absolute Gasteiger partial charge is 0.298 e. The molecule has 2 aliphatic heterocycles. The zero-order valence-electron chi connectivity index (χ0n) is 23.3. The maximum Gasteiger partial charge on any atom is 0.298 e. The molecule has 2 saturated heterocycles. The molecule has 0 bridgehead atoms. The number of anilines is 1. The monoisotopic (exact) mass is 549 g/mol. The number of hydrogen-bond donors (Lipinski definition) is 2. The first-order chi connectivity index (χ1) is 20.0. The van der Waals surface area contributed by atoms with Crippen LogP contribution in [0.15, 0.2) is 67.1 Å². The van der Waals surface area contributed by atoms with Gasteiger partial charge in [0.1, 0.15) is 23.6 Å². The van der Waals surface area contributed by atoms with Crippen LogP contribution in [-0.2, 0) is 4.79 Å². The second-order valence-corrected chi connectivity index (χ2v) is 11.4. The molecule has 9 nitrogen and oxygen atoms in total. The molecule has 9 heteroatoms. The van der Waals surface area contributed by atoms with Crippen molar-refractivity contribution in [1.29, 1.82) is 5.41 Å². The van der Waals surface area contributed by atoms with Crippen molar-refractivity contribution in [2.75, 3.05) is 58.2 Å². The van der Waals surface area contributed by atoms with E-state index in [1.165, 1.54) is 6.33 Å². The molecule has 3 aliphatic rings. The number of likely N-dealkylation sites (N-methyl/N-ethyl adjacent to an activating group) is 1. The topological polar surface area (TPSA) is 97.7 Å². The highest BCUT2D eigenvalue weighted by atomic mass is 16.5. The molecule has 1 aromatic heterocycles. The Morgan fingerprint density at radius 1 is 1.05 bits per heavy atom. The van der Waals surface area contributed by atoms with Gasteiger partial charge in [-0.1, -0.05) is 24.1 Å². The van der Waals surface area contributed by atoms with Gasteiger partial charge in [0.2, 0.25) is 0 Å². The maximum atomic E-state index is 12.5. The van der Waals surface area contributed by atoms with Gasteiger partial charge in [0.25, 0.3) is 5.91 Å². The number of para-hydroxylation sites is 1. The van der Waals surface area contributed by atoms with Gasteiger partial charge < -0.3 is 19.9 Å². The third-order valence-electron chi connectivity index (χ3n) is 8.24. The molecule has 2 aromatic carbocycles. The Hall–Kier alpha value is -4.26. The first kappa shape index (κ1) is 26.9. The third kappa shape index (κ3) is 6.24. The van der Waals surface area contributed by atoms with Gasteiger partial charge in [-0.3, -0.25) is 15.1 Å². The molecule has 0 atom stereocenters. The van der Waals surface area contributed by atoms with Crippen LogP contribution in [0.1, 0.15) is 24.0 Å². The van der Waals surface area contributed by atoms with E-state index in [0.717, 1.165) is 63.4 Å². The number of carbonyl (C=O) groups is 1. The van der Waals surface area contributed by atoms with Gasteiger partial charge in [0.05, 0.1) is 17.8 Å². The van der Waals surface area contributed by atoms with Crippen LogP contribution in [0.5, 0.6) is 11.5 Å². The number of rotatable bonds is 7. The minimum Gasteiger partial charge on any atom is -0.457 e. The van der Waals surface area contributed by atoms with Gasteiger partial charge >= 0.3 is 0 Å². The minimum atomic E-state index is -0.0621. The van der Waals surface area contributed by atoms with Gasteiger partial charge in [-0.15, -0.1) is 0 Å². The lowest BCUT2D eigenvalue weighted by Gasteiger charge is -2.58. The molecular formula is C32H35N7O2. The molecule has 3 fully saturated rings. The van der Waals surface area contributed by atoms with E-state index < -0.39 is 0 Å². The fourth-order valence-electron chi connectivity index (χ4n) is 5.86. The summed E-state index contributed by atoms with van der Waals surface area (Å²) in [6, 6.07) is 17.4. The summed E-state index contributed by atoms with van der Waals surface area (Å²) < 4.78 is 5.88. The van der Waals surface area contributed by atoms with E-state index in [1.54, 1.807) is 6.20 Å². The minimum absolute atomic E-state index is 0.0621. The van der Waals surface area contributed by atoms with E-state index in [0.29, 0.717) is 29.4 Å². The highest BCUT2D eigenvalue weighted by molar-refractivity contribution is 6.13. The predicted octanol–water partition coefficient (Wildman–Crippen LogP) is 3.34. The predicted molar refractivity (Wildman–Crippen MR) is 158 cm³/mol. The van der Waals surface area contributed by atoms with Gasteiger partial charge in [0, 0.05) is 62.5 Å². The van der Waals surface area contributed by atoms with Crippen molar-refractivity contribution < 1.29 is 9.53 Å². The highest BCUT2D eigenvalue weighted by Crippen LogP contribution is 2.49. The van der Waals surface area contributed by atoms with Crippen LogP contribution in [-0.4, -0.2) is 95.2 Å². The standard InChI is InChI=1S/C32H35N7O2/c1-37-14-16-38(17-15-37)13-5-8-29(40)39-21-32(22-39)18-25(19-32)36-31-28(20-34-23-35-31)30(33)24-9-11-27(12-10-24)41-26-6-3-2-4-7-26/h2-4,6-7,9-12,20,23,25,33H,13-19,21-22H2,1H3,(H,34,35,36). The summed E-state index contributed by atoms with van der Waals surface area (Å²) in [5.41, 5.74) is 1.94. The van der Waals surface area contributed by atoms with Crippen LogP contribution < -0.4 is 10.1 Å². The molecule has 0 radical (unpaired) electrons. The number of piperazine rings is 1. The summed E-state index contributed by atoms with van der Waals surface area (Å²) in [6.45, 7) is 6.29. The summed E-state index contributed by atoms with van der Waals surface area (Å²) in [5, 5.41) is 12.4. The zero-order chi connectivity index (χ0) is 28.2. The van der Waals surface area contributed by atoms with Crippen LogP contribution in [0, 0.1) is 22.7 Å².